The van der Waals surface area contributed by atoms with E-state index in [-0.39, 0.29) is 30.5 Å². The first-order chi connectivity index (χ1) is 15.1. The molecule has 6 heteroatoms. The number of benzene rings is 3. The molecule has 1 atom stereocenters. The fraction of sp³-hybridized carbons (Fsp3) is 0.160. The van der Waals surface area contributed by atoms with E-state index >= 15 is 0 Å². The number of aliphatic hydroxyl groups excluding tert-OH is 2. The maximum Gasteiger partial charge on any atom is 0.407 e. The van der Waals surface area contributed by atoms with Crippen LogP contribution in [-0.2, 0) is 11.2 Å². The van der Waals surface area contributed by atoms with Crippen molar-refractivity contribution in [1.82, 2.24) is 5.32 Å². The van der Waals surface area contributed by atoms with Gasteiger partial charge in [0.2, 0.25) is 0 Å². The minimum Gasteiger partial charge on any atom is -0.512 e. The average Bonchev–Trinajstić information content (AvgIpc) is 3.12. The second-order valence-corrected chi connectivity index (χ2v) is 7.45. The number of alkyl carbamates (subject to hydrolysis) is 1. The summed E-state index contributed by atoms with van der Waals surface area (Å²) in [6.07, 6.45) is 0.0707. The first kappa shape index (κ1) is 20.3. The fourth-order valence-corrected chi connectivity index (χ4v) is 3.97. The minimum atomic E-state index is -0.870. The quantitative estimate of drug-likeness (QED) is 0.432. The van der Waals surface area contributed by atoms with E-state index in [2.05, 4.69) is 17.4 Å². The summed E-state index contributed by atoms with van der Waals surface area (Å²) in [7, 11) is 0. The van der Waals surface area contributed by atoms with Crippen LogP contribution >= 0.6 is 0 Å². The number of amides is 1. The molecule has 0 saturated carbocycles. The van der Waals surface area contributed by atoms with Gasteiger partial charge in [-0.15, -0.1) is 0 Å². The number of aromatic hydroxyl groups is 1. The molecular formula is C25H23NO5. The number of carbonyl (C=O) groups is 1. The molecule has 1 aliphatic carbocycles. The van der Waals surface area contributed by atoms with E-state index in [1.165, 1.54) is 12.1 Å². The second kappa shape index (κ2) is 8.83. The van der Waals surface area contributed by atoms with Crippen LogP contribution in [0.3, 0.4) is 0 Å². The average molecular weight is 417 g/mol. The molecule has 4 rings (SSSR count). The van der Waals surface area contributed by atoms with Crippen molar-refractivity contribution in [2.45, 2.75) is 18.4 Å². The van der Waals surface area contributed by atoms with E-state index in [0.29, 0.717) is 6.26 Å². The summed E-state index contributed by atoms with van der Waals surface area (Å²) < 4.78 is 5.51. The number of nitrogens with one attached hydrogen (secondary N) is 1. The standard InChI is InChI=1S/C25H23NO5/c27-14-24(29)23(13-16-9-11-17(28)12-10-16)26-25(30)31-15-22-20-7-3-1-5-18(20)19-6-2-4-8-21(19)22/h1-12,14,22-23,27-29H,13,15H2,(H,26,30)/b24-14+/t23-/m0/s1. The van der Waals surface area contributed by atoms with Crippen molar-refractivity contribution in [3.63, 3.8) is 0 Å². The van der Waals surface area contributed by atoms with Gasteiger partial charge in [-0.2, -0.15) is 0 Å². The molecule has 0 bridgehead atoms. The molecule has 6 nitrogen and oxygen atoms in total. The van der Waals surface area contributed by atoms with Crippen LogP contribution in [0.15, 0.2) is 84.8 Å². The van der Waals surface area contributed by atoms with Crippen LogP contribution in [0.5, 0.6) is 5.75 Å². The van der Waals surface area contributed by atoms with E-state index in [9.17, 15) is 20.1 Å². The molecule has 4 N–H and O–H groups in total. The lowest BCUT2D eigenvalue weighted by molar-refractivity contribution is 0.137. The van der Waals surface area contributed by atoms with Gasteiger partial charge in [-0.1, -0.05) is 60.7 Å². The van der Waals surface area contributed by atoms with Crippen molar-refractivity contribution in [1.29, 1.82) is 0 Å². The molecule has 0 saturated heterocycles. The molecule has 1 amide bonds. The van der Waals surface area contributed by atoms with E-state index < -0.39 is 12.1 Å². The highest BCUT2D eigenvalue weighted by atomic mass is 16.5. The molecule has 0 fully saturated rings. The number of aliphatic hydroxyl groups is 2. The Labute approximate surface area is 180 Å². The Hall–Kier alpha value is -3.93. The smallest absolute Gasteiger partial charge is 0.407 e. The van der Waals surface area contributed by atoms with Crippen molar-refractivity contribution in [3.05, 3.63) is 102 Å². The predicted molar refractivity (Wildman–Crippen MR) is 117 cm³/mol. The molecule has 31 heavy (non-hydrogen) atoms. The molecule has 3 aromatic rings. The highest BCUT2D eigenvalue weighted by molar-refractivity contribution is 5.79. The maximum absolute atomic E-state index is 12.5. The van der Waals surface area contributed by atoms with Crippen LogP contribution in [0.4, 0.5) is 4.79 Å². The van der Waals surface area contributed by atoms with E-state index in [1.807, 2.05) is 36.4 Å². The van der Waals surface area contributed by atoms with Crippen molar-refractivity contribution in [2.24, 2.45) is 0 Å². The zero-order chi connectivity index (χ0) is 21.8. The van der Waals surface area contributed by atoms with Gasteiger partial charge in [0.25, 0.3) is 0 Å². The lowest BCUT2D eigenvalue weighted by Crippen LogP contribution is -2.38. The van der Waals surface area contributed by atoms with Gasteiger partial charge in [0.15, 0.2) is 0 Å². The Morgan fingerprint density at radius 1 is 0.968 bits per heavy atom. The van der Waals surface area contributed by atoms with E-state index in [4.69, 9.17) is 4.74 Å². The van der Waals surface area contributed by atoms with E-state index in [1.54, 1.807) is 12.1 Å². The number of rotatable bonds is 6. The summed E-state index contributed by atoms with van der Waals surface area (Å²) in [6, 6.07) is 21.6. The Bertz CT molecular complexity index is 1060. The van der Waals surface area contributed by atoms with Crippen molar-refractivity contribution in [2.75, 3.05) is 6.61 Å². The fourth-order valence-electron chi connectivity index (χ4n) is 3.97. The molecule has 3 aromatic carbocycles. The number of phenols is 1. The van der Waals surface area contributed by atoms with Gasteiger partial charge >= 0.3 is 6.09 Å². The lowest BCUT2D eigenvalue weighted by atomic mass is 9.98. The first-order valence-electron chi connectivity index (χ1n) is 9.99. The summed E-state index contributed by atoms with van der Waals surface area (Å²) in [5.74, 6) is -0.344. The molecule has 158 valence electrons. The Morgan fingerprint density at radius 3 is 2.13 bits per heavy atom. The number of hydrogen-bond acceptors (Lipinski definition) is 5. The van der Waals surface area contributed by atoms with Gasteiger partial charge < -0.3 is 25.4 Å². The Morgan fingerprint density at radius 2 is 1.55 bits per heavy atom. The van der Waals surface area contributed by atoms with Gasteiger partial charge in [-0.05, 0) is 39.9 Å². The third kappa shape index (κ3) is 4.33. The molecule has 0 aliphatic heterocycles. The topological polar surface area (TPSA) is 99.0 Å². The second-order valence-electron chi connectivity index (χ2n) is 7.45. The van der Waals surface area contributed by atoms with Crippen LogP contribution in [0.2, 0.25) is 0 Å². The zero-order valence-corrected chi connectivity index (χ0v) is 16.7. The normalized spacial score (nSPS) is 13.9. The molecular weight excluding hydrogens is 394 g/mol. The monoisotopic (exact) mass is 417 g/mol. The molecule has 0 spiro atoms. The van der Waals surface area contributed by atoms with E-state index in [0.717, 1.165) is 27.8 Å². The molecule has 0 unspecified atom stereocenters. The summed E-state index contributed by atoms with van der Waals surface area (Å²) >= 11 is 0. The van der Waals surface area contributed by atoms with Crippen molar-refractivity contribution in [3.8, 4) is 16.9 Å². The van der Waals surface area contributed by atoms with Crippen molar-refractivity contribution >= 4 is 6.09 Å². The zero-order valence-electron chi connectivity index (χ0n) is 16.7. The Kier molecular flexibility index (Phi) is 5.80. The molecule has 0 aromatic heterocycles. The maximum atomic E-state index is 12.5. The number of ether oxygens (including phenoxy) is 1. The van der Waals surface area contributed by atoms with Crippen molar-refractivity contribution < 1.29 is 24.9 Å². The van der Waals surface area contributed by atoms with Crippen LogP contribution in [-0.4, -0.2) is 34.1 Å². The number of phenolic OH excluding ortho intramolecular Hbond substituents is 1. The third-order valence-corrected chi connectivity index (χ3v) is 5.50. The predicted octanol–water partition coefficient (Wildman–Crippen LogP) is 4.80. The summed E-state index contributed by atoms with van der Waals surface area (Å²) in [5, 5.41) is 31.2. The lowest BCUT2D eigenvalue weighted by Gasteiger charge is -2.19. The molecule has 0 radical (unpaired) electrons. The largest absolute Gasteiger partial charge is 0.512 e. The summed E-state index contributed by atoms with van der Waals surface area (Å²) in [5.41, 5.74) is 5.25. The molecule has 0 heterocycles. The number of carbonyl (C=O) groups excluding carboxylic acids is 1. The highest BCUT2D eigenvalue weighted by Gasteiger charge is 2.29. The SMILES string of the molecule is O=C(N[C@@H](Cc1ccc(O)cc1)/C(O)=C\O)OCC1c2ccccc2-c2ccccc21. The van der Waals surface area contributed by atoms with Gasteiger partial charge in [-0.25, -0.2) is 4.79 Å². The van der Waals surface area contributed by atoms with Gasteiger partial charge in [0, 0.05) is 12.3 Å². The number of hydrogen-bond donors (Lipinski definition) is 4. The third-order valence-electron chi connectivity index (χ3n) is 5.50. The van der Waals surface area contributed by atoms with Crippen LogP contribution < -0.4 is 5.32 Å². The van der Waals surface area contributed by atoms with Gasteiger partial charge in [-0.3, -0.25) is 0 Å². The highest BCUT2D eigenvalue weighted by Crippen LogP contribution is 2.44. The van der Waals surface area contributed by atoms with Crippen LogP contribution in [0.25, 0.3) is 11.1 Å². The van der Waals surface area contributed by atoms with Crippen LogP contribution in [0, 0.1) is 0 Å². The summed E-state index contributed by atoms with van der Waals surface area (Å²) in [4.78, 5) is 12.5. The summed E-state index contributed by atoms with van der Waals surface area (Å²) in [6.45, 7) is 0.148. The van der Waals surface area contributed by atoms with Crippen LogP contribution in [0.1, 0.15) is 22.6 Å². The Balaban J connectivity index is 1.45. The number of fused-ring (bicyclic) bond motifs is 3. The van der Waals surface area contributed by atoms with Gasteiger partial charge in [0.05, 0.1) is 6.04 Å². The molecule has 1 aliphatic rings. The minimum absolute atomic E-state index is 0.0734. The van der Waals surface area contributed by atoms with Gasteiger partial charge in [0.1, 0.15) is 24.4 Å². The first-order valence-corrected chi connectivity index (χ1v) is 9.99.